The molecule has 0 aromatic heterocycles. The molecule has 0 atom stereocenters. The lowest BCUT2D eigenvalue weighted by Crippen LogP contribution is -2.65. The molecule has 3 nitrogen and oxygen atoms in total. The zero-order valence-electron chi connectivity index (χ0n) is 10.9. The molecular formula is C15H17BrO3. The zero-order valence-corrected chi connectivity index (χ0v) is 12.5. The van der Waals surface area contributed by atoms with Gasteiger partial charge in [0.1, 0.15) is 0 Å². The first-order chi connectivity index (χ1) is 9.14. The van der Waals surface area contributed by atoms with Crippen molar-refractivity contribution in [3.63, 3.8) is 0 Å². The predicted octanol–water partition coefficient (Wildman–Crippen LogP) is 3.06. The summed E-state index contributed by atoms with van der Waals surface area (Å²) in [6.45, 7) is 1.22. The number of carbonyl (C=O) groups excluding carboxylic acids is 1. The van der Waals surface area contributed by atoms with Crippen molar-refractivity contribution in [3.8, 4) is 0 Å². The molecule has 4 heteroatoms. The van der Waals surface area contributed by atoms with Gasteiger partial charge >= 0.3 is 5.97 Å². The fourth-order valence-corrected chi connectivity index (χ4v) is 3.81. The maximum Gasteiger partial charge on any atom is 0.312 e. The topological polar surface area (TPSA) is 35.5 Å². The first-order valence-corrected chi connectivity index (χ1v) is 7.36. The lowest BCUT2D eigenvalue weighted by molar-refractivity contribution is -0.195. The molecule has 0 bridgehead atoms. The summed E-state index contributed by atoms with van der Waals surface area (Å²) in [6.07, 6.45) is 2.88. The van der Waals surface area contributed by atoms with Crippen LogP contribution < -0.4 is 0 Å². The second-order valence-electron chi connectivity index (χ2n) is 5.51. The molecule has 0 spiro atoms. The Bertz CT molecular complexity index is 504. The molecule has 2 aliphatic rings. The maximum absolute atomic E-state index is 12.3. The van der Waals surface area contributed by atoms with Gasteiger partial charge in [0.05, 0.1) is 31.2 Å². The standard InChI is InChI=1S/C15H17BrO3/c1-18-13(17)14(6-3-7-14)15(9-19-10-15)11-4-2-5-12(16)8-11/h2,4-5,8H,3,6-7,9-10H2,1H3. The van der Waals surface area contributed by atoms with Crippen LogP contribution in [0.1, 0.15) is 24.8 Å². The molecule has 0 amide bonds. The summed E-state index contributed by atoms with van der Waals surface area (Å²) >= 11 is 3.51. The van der Waals surface area contributed by atoms with Gasteiger partial charge in [-0.25, -0.2) is 0 Å². The molecule has 0 radical (unpaired) electrons. The van der Waals surface area contributed by atoms with Gasteiger partial charge in [-0.1, -0.05) is 34.5 Å². The highest BCUT2D eigenvalue weighted by atomic mass is 79.9. The Kier molecular flexibility index (Phi) is 3.18. The van der Waals surface area contributed by atoms with Crippen LogP contribution in [0.15, 0.2) is 28.7 Å². The second-order valence-corrected chi connectivity index (χ2v) is 6.43. The third-order valence-corrected chi connectivity index (χ3v) is 5.27. The molecule has 0 N–H and O–H groups in total. The number of hydrogen-bond acceptors (Lipinski definition) is 3. The van der Waals surface area contributed by atoms with E-state index in [9.17, 15) is 4.79 Å². The van der Waals surface area contributed by atoms with E-state index >= 15 is 0 Å². The van der Waals surface area contributed by atoms with Gasteiger partial charge in [-0.3, -0.25) is 4.79 Å². The lowest BCUT2D eigenvalue weighted by atomic mass is 9.49. The summed E-state index contributed by atoms with van der Waals surface area (Å²) in [5.74, 6) is -0.0815. The summed E-state index contributed by atoms with van der Waals surface area (Å²) in [6, 6.07) is 8.22. The smallest absolute Gasteiger partial charge is 0.312 e. The van der Waals surface area contributed by atoms with Crippen LogP contribution in [0.25, 0.3) is 0 Å². The van der Waals surface area contributed by atoms with Crippen molar-refractivity contribution in [2.45, 2.75) is 24.7 Å². The average molecular weight is 325 g/mol. The Morgan fingerprint density at radius 3 is 2.53 bits per heavy atom. The SMILES string of the molecule is COC(=O)C1(C2(c3cccc(Br)c3)COC2)CCC1. The zero-order chi connectivity index (χ0) is 13.5. The minimum absolute atomic E-state index is 0.0815. The van der Waals surface area contributed by atoms with E-state index in [0.717, 1.165) is 23.7 Å². The Morgan fingerprint density at radius 2 is 2.11 bits per heavy atom. The van der Waals surface area contributed by atoms with E-state index in [1.54, 1.807) is 0 Å². The minimum atomic E-state index is -0.388. The molecule has 1 saturated carbocycles. The van der Waals surface area contributed by atoms with Gasteiger partial charge in [-0.05, 0) is 30.5 Å². The first-order valence-electron chi connectivity index (χ1n) is 6.57. The number of halogens is 1. The molecule has 1 aliphatic heterocycles. The largest absolute Gasteiger partial charge is 0.469 e. The minimum Gasteiger partial charge on any atom is -0.469 e. The molecule has 1 aromatic rings. The van der Waals surface area contributed by atoms with E-state index in [4.69, 9.17) is 9.47 Å². The van der Waals surface area contributed by atoms with Crippen molar-refractivity contribution in [2.24, 2.45) is 5.41 Å². The molecule has 1 aromatic carbocycles. The van der Waals surface area contributed by atoms with E-state index in [-0.39, 0.29) is 16.8 Å². The number of benzene rings is 1. The fraction of sp³-hybridized carbons (Fsp3) is 0.533. The van der Waals surface area contributed by atoms with Crippen LogP contribution in [-0.2, 0) is 19.7 Å². The first kappa shape index (κ1) is 13.1. The summed E-state index contributed by atoms with van der Waals surface area (Å²) in [7, 11) is 1.48. The Balaban J connectivity index is 2.06. The number of carbonyl (C=O) groups is 1. The van der Waals surface area contributed by atoms with Crippen LogP contribution in [0.4, 0.5) is 0 Å². The van der Waals surface area contributed by atoms with Crippen LogP contribution in [0.3, 0.4) is 0 Å². The van der Waals surface area contributed by atoms with Crippen LogP contribution in [-0.4, -0.2) is 26.3 Å². The highest BCUT2D eigenvalue weighted by Crippen LogP contribution is 2.59. The molecular weight excluding hydrogens is 308 g/mol. The molecule has 3 rings (SSSR count). The normalized spacial score (nSPS) is 23.1. The number of esters is 1. The van der Waals surface area contributed by atoms with E-state index in [1.165, 1.54) is 12.7 Å². The van der Waals surface area contributed by atoms with Gasteiger partial charge in [0, 0.05) is 4.47 Å². The number of ether oxygens (including phenoxy) is 2. The van der Waals surface area contributed by atoms with Crippen molar-refractivity contribution < 1.29 is 14.3 Å². The summed E-state index contributed by atoms with van der Waals surface area (Å²) in [5.41, 5.74) is 0.585. The molecule has 2 fully saturated rings. The molecule has 1 heterocycles. The number of rotatable bonds is 3. The summed E-state index contributed by atoms with van der Waals surface area (Å²) < 4.78 is 11.6. The van der Waals surface area contributed by atoms with E-state index in [0.29, 0.717) is 13.2 Å². The van der Waals surface area contributed by atoms with Crippen LogP contribution in [0.5, 0.6) is 0 Å². The van der Waals surface area contributed by atoms with Crippen LogP contribution in [0, 0.1) is 5.41 Å². The monoisotopic (exact) mass is 324 g/mol. The third kappa shape index (κ3) is 1.69. The van der Waals surface area contributed by atoms with Crippen LogP contribution >= 0.6 is 15.9 Å². The molecule has 1 saturated heterocycles. The van der Waals surface area contributed by atoms with Crippen molar-refractivity contribution >= 4 is 21.9 Å². The van der Waals surface area contributed by atoms with E-state index < -0.39 is 0 Å². The second kappa shape index (κ2) is 4.60. The van der Waals surface area contributed by atoms with Gasteiger partial charge in [0.25, 0.3) is 0 Å². The van der Waals surface area contributed by atoms with Crippen molar-refractivity contribution in [3.05, 3.63) is 34.3 Å². The highest BCUT2D eigenvalue weighted by Gasteiger charge is 2.64. The van der Waals surface area contributed by atoms with E-state index in [2.05, 4.69) is 28.1 Å². The molecule has 19 heavy (non-hydrogen) atoms. The highest BCUT2D eigenvalue weighted by molar-refractivity contribution is 9.10. The van der Waals surface area contributed by atoms with E-state index in [1.807, 2.05) is 12.1 Å². The lowest BCUT2D eigenvalue weighted by Gasteiger charge is -2.58. The van der Waals surface area contributed by atoms with Gasteiger partial charge in [-0.15, -0.1) is 0 Å². The Morgan fingerprint density at radius 1 is 1.37 bits per heavy atom. The number of methoxy groups -OCH3 is 1. The van der Waals surface area contributed by atoms with Crippen LogP contribution in [0.2, 0.25) is 0 Å². The number of hydrogen-bond donors (Lipinski definition) is 0. The van der Waals surface area contributed by atoms with Crippen molar-refractivity contribution in [2.75, 3.05) is 20.3 Å². The van der Waals surface area contributed by atoms with Gasteiger partial charge in [0.2, 0.25) is 0 Å². The van der Waals surface area contributed by atoms with Gasteiger partial charge in [0.15, 0.2) is 0 Å². The molecule has 0 unspecified atom stereocenters. The average Bonchev–Trinajstić information content (AvgIpc) is 2.30. The summed E-state index contributed by atoms with van der Waals surface area (Å²) in [4.78, 5) is 12.3. The molecule has 102 valence electrons. The fourth-order valence-electron chi connectivity index (χ4n) is 3.42. The van der Waals surface area contributed by atoms with Gasteiger partial charge in [-0.2, -0.15) is 0 Å². The maximum atomic E-state index is 12.3. The quantitative estimate of drug-likeness (QED) is 0.801. The molecule has 1 aliphatic carbocycles. The Hall–Kier alpha value is -0.870. The predicted molar refractivity (Wildman–Crippen MR) is 74.9 cm³/mol. The van der Waals surface area contributed by atoms with Crippen molar-refractivity contribution in [1.29, 1.82) is 0 Å². The summed E-state index contributed by atoms with van der Waals surface area (Å²) in [5, 5.41) is 0. The Labute approximate surface area is 121 Å². The van der Waals surface area contributed by atoms with Crippen molar-refractivity contribution in [1.82, 2.24) is 0 Å². The third-order valence-electron chi connectivity index (χ3n) is 4.77. The van der Waals surface area contributed by atoms with Gasteiger partial charge < -0.3 is 9.47 Å².